The number of likely N-dealkylation sites (tertiary alicyclic amines) is 1. The van der Waals surface area contributed by atoms with Crippen molar-refractivity contribution in [1.82, 2.24) is 23.8 Å². The van der Waals surface area contributed by atoms with Gasteiger partial charge in [-0.05, 0) is 62.4 Å². The monoisotopic (exact) mass is 444 g/mol. The van der Waals surface area contributed by atoms with E-state index in [1.807, 2.05) is 59.1 Å². The van der Waals surface area contributed by atoms with Crippen LogP contribution in [0.3, 0.4) is 0 Å². The number of carbonyl (C=O) groups excluding carboxylic acids is 2. The molecule has 170 valence electrons. The van der Waals surface area contributed by atoms with Gasteiger partial charge in [-0.3, -0.25) is 9.59 Å². The second kappa shape index (κ2) is 8.69. The van der Waals surface area contributed by atoms with Gasteiger partial charge < -0.3 is 19.2 Å². The third-order valence-corrected chi connectivity index (χ3v) is 6.34. The molecule has 1 aromatic carbocycles. The predicted molar refractivity (Wildman–Crippen MR) is 127 cm³/mol. The Bertz CT molecular complexity index is 1340. The predicted octanol–water partition coefficient (Wildman–Crippen LogP) is 3.89. The molecule has 1 N–H and O–H groups in total. The van der Waals surface area contributed by atoms with E-state index in [1.54, 1.807) is 6.20 Å². The van der Waals surface area contributed by atoms with E-state index < -0.39 is 0 Å². The summed E-state index contributed by atoms with van der Waals surface area (Å²) in [6.45, 7) is 6.20. The molecule has 4 aromatic rings. The smallest absolute Gasteiger partial charge is 0.274 e. The minimum absolute atomic E-state index is 0.0354. The summed E-state index contributed by atoms with van der Waals surface area (Å²) >= 11 is 0. The number of nitrogens with one attached hydrogen (secondary N) is 1. The van der Waals surface area contributed by atoms with E-state index in [0.29, 0.717) is 25.2 Å². The first-order chi connectivity index (χ1) is 16.0. The van der Waals surface area contributed by atoms with Crippen LogP contribution >= 0.6 is 0 Å². The first-order valence-corrected chi connectivity index (χ1v) is 11.5. The van der Waals surface area contributed by atoms with E-state index >= 15 is 0 Å². The molecule has 0 bridgehead atoms. The van der Waals surface area contributed by atoms with Crippen LogP contribution in [0.5, 0.6) is 0 Å². The van der Waals surface area contributed by atoms with Crippen LogP contribution in [0, 0.1) is 12.8 Å². The van der Waals surface area contributed by atoms with Crippen LogP contribution in [0.2, 0.25) is 0 Å². The van der Waals surface area contributed by atoms with Gasteiger partial charge in [0.05, 0.1) is 17.4 Å². The Kier molecular flexibility index (Phi) is 5.58. The lowest BCUT2D eigenvalue weighted by atomic mass is 9.94. The summed E-state index contributed by atoms with van der Waals surface area (Å²) in [6.07, 6.45) is 7.77. The lowest BCUT2D eigenvalue weighted by molar-refractivity contribution is -0.117. The molecule has 4 heterocycles. The average Bonchev–Trinajstić information content (AvgIpc) is 3.41. The van der Waals surface area contributed by atoms with Gasteiger partial charge in [0, 0.05) is 44.1 Å². The van der Waals surface area contributed by atoms with Crippen LogP contribution < -0.4 is 5.32 Å². The Morgan fingerprint density at radius 1 is 1.18 bits per heavy atom. The van der Waals surface area contributed by atoms with Gasteiger partial charge in [-0.25, -0.2) is 9.97 Å². The lowest BCUT2D eigenvalue weighted by Gasteiger charge is -2.32. The summed E-state index contributed by atoms with van der Waals surface area (Å²) in [5, 5.41) is 3.00. The molecule has 0 saturated carbocycles. The van der Waals surface area contributed by atoms with E-state index in [2.05, 4.69) is 26.8 Å². The fraction of sp³-hybridized carbons (Fsp3) is 0.360. The van der Waals surface area contributed by atoms with E-state index in [9.17, 15) is 9.59 Å². The van der Waals surface area contributed by atoms with Crippen molar-refractivity contribution in [3.8, 4) is 0 Å². The number of aryl methyl sites for hydroxylation is 2. The first-order valence-electron chi connectivity index (χ1n) is 11.5. The van der Waals surface area contributed by atoms with Gasteiger partial charge >= 0.3 is 0 Å². The van der Waals surface area contributed by atoms with Crippen LogP contribution in [0.1, 0.15) is 42.2 Å². The van der Waals surface area contributed by atoms with E-state index in [-0.39, 0.29) is 17.7 Å². The van der Waals surface area contributed by atoms with Crippen molar-refractivity contribution in [2.24, 2.45) is 5.92 Å². The molecule has 8 heteroatoms. The van der Waals surface area contributed by atoms with Gasteiger partial charge in [-0.1, -0.05) is 6.07 Å². The largest absolute Gasteiger partial charge is 0.337 e. The van der Waals surface area contributed by atoms with Gasteiger partial charge in [0.25, 0.3) is 5.91 Å². The van der Waals surface area contributed by atoms with E-state index in [4.69, 9.17) is 0 Å². The Balaban J connectivity index is 1.22. The molecule has 0 aliphatic carbocycles. The number of nitrogens with zero attached hydrogens (tertiary/aromatic N) is 5. The molecule has 8 nitrogen and oxygen atoms in total. The van der Waals surface area contributed by atoms with Crippen LogP contribution in [0.4, 0.5) is 5.69 Å². The third kappa shape index (κ3) is 4.33. The molecule has 0 spiro atoms. The highest BCUT2D eigenvalue weighted by Gasteiger charge is 2.27. The number of amides is 2. The Morgan fingerprint density at radius 2 is 2.06 bits per heavy atom. The maximum absolute atomic E-state index is 13.1. The number of pyridine rings is 1. The fourth-order valence-electron chi connectivity index (χ4n) is 4.65. The highest BCUT2D eigenvalue weighted by atomic mass is 16.2. The summed E-state index contributed by atoms with van der Waals surface area (Å²) in [6, 6.07) is 9.70. The van der Waals surface area contributed by atoms with Crippen molar-refractivity contribution in [3.63, 3.8) is 0 Å². The highest BCUT2D eigenvalue weighted by Crippen LogP contribution is 2.23. The number of anilines is 1. The molecule has 1 atom stereocenters. The molecule has 1 saturated heterocycles. The Morgan fingerprint density at radius 3 is 2.91 bits per heavy atom. The second-order valence-corrected chi connectivity index (χ2v) is 8.84. The number of piperidine rings is 1. The molecule has 0 radical (unpaired) electrons. The number of hydrogen-bond acceptors (Lipinski definition) is 4. The van der Waals surface area contributed by atoms with Crippen molar-refractivity contribution in [1.29, 1.82) is 0 Å². The minimum Gasteiger partial charge on any atom is -0.337 e. The van der Waals surface area contributed by atoms with Gasteiger partial charge in [0.2, 0.25) is 5.91 Å². The standard InChI is InChI=1S/C25H28N6O2/c1-3-29-16-26-20-12-19(7-8-22(20)29)27-24(32)11-18-5-4-10-30(14-18)25(33)21-15-31-13-17(2)6-9-23(31)28-21/h6-9,12-13,15-16,18H,3-5,10-11,14H2,1-2H3,(H,27,32)/t18-/m1/s1. The number of carbonyl (C=O) groups is 2. The zero-order chi connectivity index (χ0) is 22.9. The zero-order valence-corrected chi connectivity index (χ0v) is 19.0. The molecule has 0 unspecified atom stereocenters. The molecular formula is C25H28N6O2. The van der Waals surface area contributed by atoms with Crippen molar-refractivity contribution < 1.29 is 9.59 Å². The molecule has 3 aromatic heterocycles. The summed E-state index contributed by atoms with van der Waals surface area (Å²) in [4.78, 5) is 36.5. The molecule has 2 amide bonds. The average molecular weight is 445 g/mol. The number of fused-ring (bicyclic) bond motifs is 2. The number of rotatable bonds is 5. The van der Waals surface area contributed by atoms with Crippen LogP contribution in [0.15, 0.2) is 49.1 Å². The second-order valence-electron chi connectivity index (χ2n) is 8.84. The van der Waals surface area contributed by atoms with Crippen molar-refractivity contribution >= 4 is 34.2 Å². The molecule has 5 rings (SSSR count). The molecule has 33 heavy (non-hydrogen) atoms. The number of aromatic nitrogens is 4. The summed E-state index contributed by atoms with van der Waals surface area (Å²) < 4.78 is 3.95. The fourth-order valence-corrected chi connectivity index (χ4v) is 4.65. The van der Waals surface area contributed by atoms with Crippen molar-refractivity contribution in [3.05, 3.63) is 60.3 Å². The van der Waals surface area contributed by atoms with Crippen molar-refractivity contribution in [2.45, 2.75) is 39.7 Å². The lowest BCUT2D eigenvalue weighted by Crippen LogP contribution is -2.41. The SMILES string of the molecule is CCn1cnc2cc(NC(=O)C[C@H]3CCCN(C(=O)c4cn5cc(C)ccc5n4)C3)ccc21. The topological polar surface area (TPSA) is 84.5 Å². The number of benzene rings is 1. The van der Waals surface area contributed by atoms with Crippen LogP contribution in [0.25, 0.3) is 16.7 Å². The van der Waals surface area contributed by atoms with E-state index in [0.717, 1.165) is 47.3 Å². The van der Waals surface area contributed by atoms with Gasteiger partial charge in [0.1, 0.15) is 11.3 Å². The molecule has 1 aliphatic rings. The van der Waals surface area contributed by atoms with E-state index in [1.165, 1.54) is 0 Å². The zero-order valence-electron chi connectivity index (χ0n) is 19.0. The molecule has 1 fully saturated rings. The number of imidazole rings is 2. The Labute approximate surface area is 192 Å². The molecule has 1 aliphatic heterocycles. The summed E-state index contributed by atoms with van der Waals surface area (Å²) in [5.41, 5.74) is 4.99. The summed E-state index contributed by atoms with van der Waals surface area (Å²) in [5.74, 6) is 0.0233. The minimum atomic E-state index is -0.0709. The van der Waals surface area contributed by atoms with Crippen LogP contribution in [-0.4, -0.2) is 48.7 Å². The highest BCUT2D eigenvalue weighted by molar-refractivity contribution is 5.94. The first kappa shape index (κ1) is 21.2. The van der Waals surface area contributed by atoms with Gasteiger partial charge in [0.15, 0.2) is 0 Å². The Hall–Kier alpha value is -3.68. The maximum Gasteiger partial charge on any atom is 0.274 e. The van der Waals surface area contributed by atoms with Gasteiger partial charge in [-0.15, -0.1) is 0 Å². The quantitative estimate of drug-likeness (QED) is 0.506. The van der Waals surface area contributed by atoms with Crippen LogP contribution in [-0.2, 0) is 11.3 Å². The number of hydrogen-bond donors (Lipinski definition) is 1. The van der Waals surface area contributed by atoms with Crippen molar-refractivity contribution in [2.75, 3.05) is 18.4 Å². The normalized spacial score (nSPS) is 16.4. The molecular weight excluding hydrogens is 416 g/mol. The summed E-state index contributed by atoms with van der Waals surface area (Å²) in [7, 11) is 0. The van der Waals surface area contributed by atoms with Gasteiger partial charge in [-0.2, -0.15) is 0 Å². The third-order valence-electron chi connectivity index (χ3n) is 6.34. The maximum atomic E-state index is 13.1.